The van der Waals surface area contributed by atoms with Crippen molar-refractivity contribution in [3.05, 3.63) is 180 Å². The van der Waals surface area contributed by atoms with Crippen LogP contribution < -0.4 is 4.90 Å². The summed E-state index contributed by atoms with van der Waals surface area (Å²) in [7, 11) is 0. The second-order valence-corrected chi connectivity index (χ2v) is 19.9. The number of benzene rings is 9. The molecular weight excluding hydrogens is 725 g/mol. The van der Waals surface area contributed by atoms with Gasteiger partial charge in [-0.05, 0) is 114 Å². The molecule has 1 heterocycles. The van der Waals surface area contributed by atoms with Gasteiger partial charge in [0.25, 0.3) is 0 Å². The van der Waals surface area contributed by atoms with Gasteiger partial charge in [0.15, 0.2) is 0 Å². The Morgan fingerprint density at radius 1 is 0.400 bits per heavy atom. The Bertz CT molecular complexity index is 3180. The number of hydrogen-bond acceptors (Lipinski definition) is 1. The second kappa shape index (κ2) is 13.6. The fraction of sp³-hybridized carbons (Fsp3) is 0.207. The molecule has 0 bridgehead atoms. The van der Waals surface area contributed by atoms with E-state index in [2.05, 4.69) is 236 Å². The number of nitrogens with zero attached hydrogens (tertiary/aromatic N) is 2. The molecule has 0 spiro atoms. The molecule has 9 aromatic carbocycles. The van der Waals surface area contributed by atoms with Crippen molar-refractivity contribution in [2.75, 3.05) is 4.90 Å². The maximum atomic E-state index is 2.57. The van der Waals surface area contributed by atoms with Gasteiger partial charge >= 0.3 is 0 Å². The van der Waals surface area contributed by atoms with Crippen LogP contribution in [0.15, 0.2) is 164 Å². The summed E-state index contributed by atoms with van der Waals surface area (Å²) in [6.07, 6.45) is 0. The Labute approximate surface area is 355 Å². The van der Waals surface area contributed by atoms with Crippen LogP contribution in [0.4, 0.5) is 17.1 Å². The van der Waals surface area contributed by atoms with E-state index in [9.17, 15) is 0 Å². The third-order valence-electron chi connectivity index (χ3n) is 12.7. The quantitative estimate of drug-likeness (QED) is 0.158. The van der Waals surface area contributed by atoms with Crippen LogP contribution in [0.3, 0.4) is 0 Å². The molecule has 0 aliphatic carbocycles. The first-order valence-corrected chi connectivity index (χ1v) is 21.5. The summed E-state index contributed by atoms with van der Waals surface area (Å²) in [6.45, 7) is 21.0. The zero-order valence-electron chi connectivity index (χ0n) is 36.5. The molecule has 2 nitrogen and oxygen atoms in total. The summed E-state index contributed by atoms with van der Waals surface area (Å²) < 4.78 is 2.47. The van der Waals surface area contributed by atoms with Crippen LogP contribution in [0, 0.1) is 0 Å². The molecular formula is C58H54N2. The summed E-state index contributed by atoms with van der Waals surface area (Å²) in [5, 5.41) is 10.2. The van der Waals surface area contributed by atoms with Gasteiger partial charge in [-0.15, -0.1) is 0 Å². The number of aromatic nitrogens is 1. The van der Waals surface area contributed by atoms with Crippen LogP contribution in [0.25, 0.3) is 70.9 Å². The SMILES string of the molecule is CC(C)(C)c1ccc(N(c2cc(C(C)(C)C)c(-c3ccccc3)cc2C(C)(C)C)c2ccc3ccc4c(-n5c6ccccc6c6ccccc65)ccc5ccc2c3c54)cc1. The van der Waals surface area contributed by atoms with Gasteiger partial charge in [0.2, 0.25) is 0 Å². The molecule has 0 N–H and O–H groups in total. The van der Waals surface area contributed by atoms with E-state index in [1.807, 2.05) is 0 Å². The maximum Gasteiger partial charge on any atom is 0.0541 e. The highest BCUT2D eigenvalue weighted by molar-refractivity contribution is 6.27. The highest BCUT2D eigenvalue weighted by Crippen LogP contribution is 2.50. The molecule has 0 saturated carbocycles. The van der Waals surface area contributed by atoms with Gasteiger partial charge < -0.3 is 9.47 Å². The number of anilines is 3. The van der Waals surface area contributed by atoms with Crippen molar-refractivity contribution in [1.29, 1.82) is 0 Å². The van der Waals surface area contributed by atoms with E-state index >= 15 is 0 Å². The second-order valence-electron chi connectivity index (χ2n) is 19.9. The standard InChI is InChI=1S/C58H54N2/c1-56(2,3)40-27-29-41(30-28-40)59(53-36-47(57(4,5)6)46(35-48(53)58(7,8)9)37-17-11-10-12-18-37)51-33-25-38-24-32-45-52(34-26-39-23-31-44(51)54(38)55(39)45)60-49-21-15-13-19-42(49)43-20-14-16-22-50(43)60/h10-36H,1-9H3. The fourth-order valence-electron chi connectivity index (χ4n) is 9.71. The lowest BCUT2D eigenvalue weighted by molar-refractivity contribution is 0.579. The predicted octanol–water partition coefficient (Wildman–Crippen LogP) is 16.7. The molecule has 0 saturated heterocycles. The number of fused-ring (bicyclic) bond motifs is 3. The first-order chi connectivity index (χ1) is 28.7. The predicted molar refractivity (Wildman–Crippen MR) is 261 cm³/mol. The number of para-hydroxylation sites is 2. The average molecular weight is 779 g/mol. The lowest BCUT2D eigenvalue weighted by Crippen LogP contribution is -2.22. The van der Waals surface area contributed by atoms with Crippen molar-refractivity contribution >= 4 is 71.2 Å². The van der Waals surface area contributed by atoms with Gasteiger partial charge in [0, 0.05) is 27.2 Å². The Kier molecular flexibility index (Phi) is 8.57. The van der Waals surface area contributed by atoms with Crippen LogP contribution in [-0.4, -0.2) is 4.57 Å². The van der Waals surface area contributed by atoms with Gasteiger partial charge in [-0.25, -0.2) is 0 Å². The fourth-order valence-corrected chi connectivity index (χ4v) is 9.71. The van der Waals surface area contributed by atoms with E-state index < -0.39 is 0 Å². The zero-order chi connectivity index (χ0) is 41.7. The van der Waals surface area contributed by atoms with E-state index in [1.54, 1.807) is 0 Å². The van der Waals surface area contributed by atoms with Crippen molar-refractivity contribution in [2.45, 2.75) is 78.6 Å². The van der Waals surface area contributed by atoms with E-state index in [0.29, 0.717) is 0 Å². The summed E-state index contributed by atoms with van der Waals surface area (Å²) in [5.41, 5.74) is 13.5. The van der Waals surface area contributed by atoms with Gasteiger partial charge in [-0.3, -0.25) is 0 Å². The third-order valence-corrected chi connectivity index (χ3v) is 12.7. The van der Waals surface area contributed by atoms with Crippen molar-refractivity contribution in [3.63, 3.8) is 0 Å². The molecule has 0 amide bonds. The average Bonchev–Trinajstić information content (AvgIpc) is 3.56. The molecule has 0 radical (unpaired) electrons. The molecule has 10 aromatic rings. The van der Waals surface area contributed by atoms with Gasteiger partial charge in [0.1, 0.15) is 0 Å². The van der Waals surface area contributed by atoms with Crippen LogP contribution in [-0.2, 0) is 16.2 Å². The zero-order valence-corrected chi connectivity index (χ0v) is 36.5. The maximum absolute atomic E-state index is 2.57. The molecule has 60 heavy (non-hydrogen) atoms. The lowest BCUT2D eigenvalue weighted by atomic mass is 9.76. The number of rotatable bonds is 5. The molecule has 0 atom stereocenters. The van der Waals surface area contributed by atoms with Crippen molar-refractivity contribution < 1.29 is 0 Å². The van der Waals surface area contributed by atoms with E-state index in [4.69, 9.17) is 0 Å². The van der Waals surface area contributed by atoms with Crippen LogP contribution in [0.5, 0.6) is 0 Å². The van der Waals surface area contributed by atoms with Crippen molar-refractivity contribution in [2.24, 2.45) is 0 Å². The van der Waals surface area contributed by atoms with E-state index in [-0.39, 0.29) is 16.2 Å². The largest absolute Gasteiger partial charge is 0.310 e. The van der Waals surface area contributed by atoms with Crippen LogP contribution >= 0.6 is 0 Å². The minimum Gasteiger partial charge on any atom is -0.310 e. The Morgan fingerprint density at radius 2 is 0.933 bits per heavy atom. The normalized spacial score (nSPS) is 12.8. The molecule has 10 rings (SSSR count). The van der Waals surface area contributed by atoms with E-state index in [1.165, 1.54) is 99.0 Å². The van der Waals surface area contributed by atoms with Crippen LogP contribution in [0.1, 0.15) is 79.0 Å². The minimum atomic E-state index is -0.153. The van der Waals surface area contributed by atoms with Crippen molar-refractivity contribution in [3.8, 4) is 16.8 Å². The topological polar surface area (TPSA) is 8.17 Å². The molecule has 0 unspecified atom stereocenters. The Hall–Kier alpha value is -6.38. The first kappa shape index (κ1) is 37.9. The smallest absolute Gasteiger partial charge is 0.0541 e. The molecule has 0 aliphatic heterocycles. The van der Waals surface area contributed by atoms with Crippen LogP contribution in [0.2, 0.25) is 0 Å². The highest BCUT2D eigenvalue weighted by atomic mass is 15.1. The summed E-state index contributed by atoms with van der Waals surface area (Å²) >= 11 is 0. The third kappa shape index (κ3) is 6.07. The summed E-state index contributed by atoms with van der Waals surface area (Å²) in [6, 6.07) is 61.7. The van der Waals surface area contributed by atoms with Gasteiger partial charge in [0.05, 0.1) is 28.1 Å². The molecule has 0 fully saturated rings. The molecule has 1 aromatic heterocycles. The van der Waals surface area contributed by atoms with E-state index in [0.717, 1.165) is 5.69 Å². The molecule has 296 valence electrons. The summed E-state index contributed by atoms with van der Waals surface area (Å²) in [4.78, 5) is 2.57. The molecule has 2 heteroatoms. The number of hydrogen-bond donors (Lipinski definition) is 0. The first-order valence-electron chi connectivity index (χ1n) is 21.5. The highest BCUT2D eigenvalue weighted by Gasteiger charge is 2.30. The van der Waals surface area contributed by atoms with Gasteiger partial charge in [-0.2, -0.15) is 0 Å². The monoisotopic (exact) mass is 778 g/mol. The Morgan fingerprint density at radius 3 is 1.53 bits per heavy atom. The minimum absolute atomic E-state index is 0.0394. The molecule has 0 aliphatic rings. The lowest BCUT2D eigenvalue weighted by Gasteiger charge is -2.36. The van der Waals surface area contributed by atoms with Crippen molar-refractivity contribution in [1.82, 2.24) is 4.57 Å². The summed E-state index contributed by atoms with van der Waals surface area (Å²) in [5.74, 6) is 0. The Balaban J connectivity index is 1.29. The van der Waals surface area contributed by atoms with Gasteiger partial charge in [-0.1, -0.05) is 178 Å².